The van der Waals surface area contributed by atoms with Gasteiger partial charge in [0.2, 0.25) is 5.89 Å². The Balaban J connectivity index is 2.10. The van der Waals surface area contributed by atoms with Crippen molar-refractivity contribution in [1.82, 2.24) is 4.98 Å². The number of sulfone groups is 1. The molecule has 0 spiro atoms. The highest BCUT2D eigenvalue weighted by Gasteiger charge is 2.19. The Hall–Kier alpha value is -1.66. The molecule has 0 bridgehead atoms. The summed E-state index contributed by atoms with van der Waals surface area (Å²) in [6, 6.07) is 9.37. The maximum atomic E-state index is 11.9. The summed E-state index contributed by atoms with van der Waals surface area (Å²) in [5, 5.41) is 8.91. The van der Waals surface area contributed by atoms with Crippen LogP contribution in [-0.4, -0.2) is 30.9 Å². The minimum absolute atomic E-state index is 0.0768. The quantitative estimate of drug-likeness (QED) is 0.880. The van der Waals surface area contributed by atoms with E-state index in [1.807, 2.05) is 30.3 Å². The van der Waals surface area contributed by atoms with Crippen molar-refractivity contribution in [1.29, 1.82) is 0 Å². The van der Waals surface area contributed by atoms with E-state index in [1.54, 1.807) is 6.92 Å². The van der Waals surface area contributed by atoms with Gasteiger partial charge < -0.3 is 9.52 Å². The molecule has 108 valence electrons. The Morgan fingerprint density at radius 1 is 1.30 bits per heavy atom. The lowest BCUT2D eigenvalue weighted by Crippen LogP contribution is -2.18. The predicted octanol–water partition coefficient (Wildman–Crippen LogP) is 1.88. The molecule has 1 aromatic carbocycles. The van der Waals surface area contributed by atoms with Gasteiger partial charge in [-0.2, -0.15) is 0 Å². The van der Waals surface area contributed by atoms with Crippen molar-refractivity contribution in [2.24, 2.45) is 5.92 Å². The lowest BCUT2D eigenvalue weighted by Gasteiger charge is -2.06. The van der Waals surface area contributed by atoms with E-state index >= 15 is 0 Å². The van der Waals surface area contributed by atoms with Crippen LogP contribution in [0.25, 0.3) is 11.3 Å². The van der Waals surface area contributed by atoms with Crippen LogP contribution in [0.3, 0.4) is 0 Å². The average Bonchev–Trinajstić information content (AvgIpc) is 2.86. The Labute approximate surface area is 118 Å². The fraction of sp³-hybridized carbons (Fsp3) is 0.357. The topological polar surface area (TPSA) is 80.4 Å². The highest BCUT2D eigenvalue weighted by Crippen LogP contribution is 2.21. The molecule has 0 radical (unpaired) electrons. The standard InChI is InChI=1S/C14H17NO4S/c1-11(8-16)9-20(17,18)10-14-15-7-13(19-14)12-5-3-2-4-6-12/h2-7,11,16H,8-10H2,1H3. The molecule has 0 aliphatic heterocycles. The molecular formula is C14H17NO4S. The number of aliphatic hydroxyl groups is 1. The summed E-state index contributed by atoms with van der Waals surface area (Å²) >= 11 is 0. The summed E-state index contributed by atoms with van der Waals surface area (Å²) in [5.41, 5.74) is 0.854. The van der Waals surface area contributed by atoms with Crippen LogP contribution in [0.5, 0.6) is 0 Å². The van der Waals surface area contributed by atoms with Gasteiger partial charge in [-0.3, -0.25) is 0 Å². The lowest BCUT2D eigenvalue weighted by atomic mass is 10.2. The van der Waals surface area contributed by atoms with E-state index in [4.69, 9.17) is 9.52 Å². The first-order valence-electron chi connectivity index (χ1n) is 6.31. The zero-order valence-electron chi connectivity index (χ0n) is 11.2. The molecule has 1 N–H and O–H groups in total. The molecule has 1 unspecified atom stereocenters. The second-order valence-electron chi connectivity index (χ2n) is 4.83. The number of hydrogen-bond acceptors (Lipinski definition) is 5. The molecule has 0 fully saturated rings. The molecular weight excluding hydrogens is 278 g/mol. The fourth-order valence-corrected chi connectivity index (χ4v) is 3.45. The largest absolute Gasteiger partial charge is 0.440 e. The highest BCUT2D eigenvalue weighted by molar-refractivity contribution is 7.90. The lowest BCUT2D eigenvalue weighted by molar-refractivity contribution is 0.249. The molecule has 1 heterocycles. The first kappa shape index (κ1) is 14.7. The average molecular weight is 295 g/mol. The Morgan fingerprint density at radius 2 is 2.00 bits per heavy atom. The third kappa shape index (κ3) is 3.91. The third-order valence-corrected chi connectivity index (χ3v) is 4.57. The Kier molecular flexibility index (Phi) is 4.57. The van der Waals surface area contributed by atoms with Crippen molar-refractivity contribution >= 4 is 9.84 Å². The first-order chi connectivity index (χ1) is 9.50. The van der Waals surface area contributed by atoms with E-state index in [0.717, 1.165) is 5.56 Å². The van der Waals surface area contributed by atoms with Gasteiger partial charge in [-0.05, 0) is 5.92 Å². The van der Waals surface area contributed by atoms with E-state index < -0.39 is 9.84 Å². The van der Waals surface area contributed by atoms with Gasteiger partial charge in [-0.25, -0.2) is 13.4 Å². The molecule has 6 heteroatoms. The van der Waals surface area contributed by atoms with Crippen molar-refractivity contribution < 1.29 is 17.9 Å². The summed E-state index contributed by atoms with van der Waals surface area (Å²) in [4.78, 5) is 4.00. The van der Waals surface area contributed by atoms with E-state index in [1.165, 1.54) is 6.20 Å². The van der Waals surface area contributed by atoms with Gasteiger partial charge in [0, 0.05) is 12.2 Å². The van der Waals surface area contributed by atoms with Crippen LogP contribution in [0.1, 0.15) is 12.8 Å². The van der Waals surface area contributed by atoms with E-state index in [0.29, 0.717) is 5.76 Å². The molecule has 1 atom stereocenters. The van der Waals surface area contributed by atoms with E-state index in [2.05, 4.69) is 4.98 Å². The smallest absolute Gasteiger partial charge is 0.210 e. The zero-order valence-corrected chi connectivity index (χ0v) is 12.0. The maximum Gasteiger partial charge on any atom is 0.210 e. The number of aliphatic hydroxyl groups excluding tert-OH is 1. The monoisotopic (exact) mass is 295 g/mol. The molecule has 0 saturated heterocycles. The predicted molar refractivity (Wildman–Crippen MR) is 75.7 cm³/mol. The molecule has 20 heavy (non-hydrogen) atoms. The van der Waals surface area contributed by atoms with Crippen LogP contribution in [0.4, 0.5) is 0 Å². The number of oxazole rings is 1. The van der Waals surface area contributed by atoms with Crippen molar-refractivity contribution in [3.05, 3.63) is 42.4 Å². The van der Waals surface area contributed by atoms with Crippen LogP contribution in [0.15, 0.2) is 40.9 Å². The van der Waals surface area contributed by atoms with Crippen molar-refractivity contribution in [2.45, 2.75) is 12.7 Å². The van der Waals surface area contributed by atoms with Gasteiger partial charge in [0.15, 0.2) is 15.6 Å². The van der Waals surface area contributed by atoms with Crippen LogP contribution >= 0.6 is 0 Å². The van der Waals surface area contributed by atoms with Crippen molar-refractivity contribution in [3.63, 3.8) is 0 Å². The number of aromatic nitrogens is 1. The summed E-state index contributed by atoms with van der Waals surface area (Å²) in [7, 11) is -3.33. The van der Waals surface area contributed by atoms with Crippen molar-refractivity contribution in [2.75, 3.05) is 12.4 Å². The molecule has 0 saturated carbocycles. The molecule has 0 aliphatic carbocycles. The van der Waals surface area contributed by atoms with Gasteiger partial charge >= 0.3 is 0 Å². The molecule has 5 nitrogen and oxygen atoms in total. The number of hydrogen-bond donors (Lipinski definition) is 1. The second kappa shape index (κ2) is 6.19. The first-order valence-corrected chi connectivity index (χ1v) is 8.14. The maximum absolute atomic E-state index is 11.9. The normalized spacial score (nSPS) is 13.3. The van der Waals surface area contributed by atoms with Crippen LogP contribution in [-0.2, 0) is 15.6 Å². The van der Waals surface area contributed by atoms with Crippen LogP contribution in [0.2, 0.25) is 0 Å². The summed E-state index contributed by atoms with van der Waals surface area (Å²) in [5.74, 6) is 0.111. The molecule has 2 aromatic rings. The van der Waals surface area contributed by atoms with Crippen LogP contribution in [0, 0.1) is 5.92 Å². The summed E-state index contributed by atoms with van der Waals surface area (Å²) in [6.45, 7) is 1.53. The fourth-order valence-electron chi connectivity index (χ4n) is 1.85. The third-order valence-electron chi connectivity index (χ3n) is 2.81. The van der Waals surface area contributed by atoms with Gasteiger partial charge in [0.1, 0.15) is 5.75 Å². The minimum atomic E-state index is -3.33. The molecule has 2 rings (SSSR count). The number of nitrogens with zero attached hydrogens (tertiary/aromatic N) is 1. The molecule has 0 amide bonds. The van der Waals surface area contributed by atoms with Gasteiger partial charge in [-0.15, -0.1) is 0 Å². The van der Waals surface area contributed by atoms with Gasteiger partial charge in [0.05, 0.1) is 11.9 Å². The van der Waals surface area contributed by atoms with Gasteiger partial charge in [0.25, 0.3) is 0 Å². The SMILES string of the molecule is CC(CO)CS(=O)(=O)Cc1ncc(-c2ccccc2)o1. The Morgan fingerprint density at radius 3 is 2.65 bits per heavy atom. The number of benzene rings is 1. The van der Waals surface area contributed by atoms with Crippen molar-refractivity contribution in [3.8, 4) is 11.3 Å². The highest BCUT2D eigenvalue weighted by atomic mass is 32.2. The molecule has 0 aliphatic rings. The minimum Gasteiger partial charge on any atom is -0.440 e. The zero-order chi connectivity index (χ0) is 14.6. The Bertz CT molecular complexity index is 649. The summed E-state index contributed by atoms with van der Waals surface area (Å²) < 4.78 is 29.3. The van der Waals surface area contributed by atoms with E-state index in [-0.39, 0.29) is 29.9 Å². The van der Waals surface area contributed by atoms with E-state index in [9.17, 15) is 8.42 Å². The van der Waals surface area contributed by atoms with Crippen LogP contribution < -0.4 is 0 Å². The summed E-state index contributed by atoms with van der Waals surface area (Å²) in [6.07, 6.45) is 1.52. The molecule has 1 aromatic heterocycles. The van der Waals surface area contributed by atoms with Gasteiger partial charge in [-0.1, -0.05) is 37.3 Å². The number of rotatable bonds is 6. The second-order valence-corrected chi connectivity index (χ2v) is 6.94.